The molecule has 1 fully saturated rings. The van der Waals surface area contributed by atoms with E-state index in [1.807, 2.05) is 0 Å². The molecule has 1 aliphatic heterocycles. The molecule has 0 radical (unpaired) electrons. The van der Waals surface area contributed by atoms with Gasteiger partial charge in [-0.05, 0) is 31.4 Å². The quantitative estimate of drug-likeness (QED) is 0.777. The molecular formula is C12H14BFN2O3. The molecule has 5 nitrogen and oxygen atoms in total. The molecule has 2 heterocycles. The van der Waals surface area contributed by atoms with Crippen molar-refractivity contribution in [2.45, 2.75) is 25.5 Å². The van der Waals surface area contributed by atoms with E-state index in [0.29, 0.717) is 17.5 Å². The summed E-state index contributed by atoms with van der Waals surface area (Å²) in [4.78, 5) is 0. The molecule has 100 valence electrons. The lowest BCUT2D eigenvalue weighted by atomic mass is 9.78. The number of nitrogens with zero attached hydrogens (tertiary/aromatic N) is 2. The van der Waals surface area contributed by atoms with E-state index in [9.17, 15) is 14.4 Å². The van der Waals surface area contributed by atoms with E-state index in [2.05, 4.69) is 5.10 Å². The summed E-state index contributed by atoms with van der Waals surface area (Å²) in [5, 5.41) is 23.2. The topological polar surface area (TPSA) is 67.5 Å². The van der Waals surface area contributed by atoms with Crippen LogP contribution in [-0.2, 0) is 4.74 Å². The third-order valence-corrected chi connectivity index (χ3v) is 3.46. The Kier molecular flexibility index (Phi) is 3.26. The van der Waals surface area contributed by atoms with Gasteiger partial charge in [0.1, 0.15) is 5.82 Å². The predicted molar refractivity (Wildman–Crippen MR) is 68.4 cm³/mol. The highest BCUT2D eigenvalue weighted by Gasteiger charge is 2.24. The minimum absolute atomic E-state index is 0.139. The van der Waals surface area contributed by atoms with Gasteiger partial charge in [0.25, 0.3) is 0 Å². The van der Waals surface area contributed by atoms with Crippen molar-refractivity contribution in [1.82, 2.24) is 9.78 Å². The first kappa shape index (κ1) is 12.6. The van der Waals surface area contributed by atoms with Gasteiger partial charge >= 0.3 is 7.12 Å². The second kappa shape index (κ2) is 4.92. The molecule has 1 aromatic heterocycles. The Bertz CT molecular complexity index is 596. The van der Waals surface area contributed by atoms with Crippen LogP contribution in [-0.4, -0.2) is 33.6 Å². The molecule has 3 rings (SSSR count). The van der Waals surface area contributed by atoms with E-state index in [1.165, 1.54) is 12.3 Å². The maximum Gasteiger partial charge on any atom is 0.492 e. The van der Waals surface area contributed by atoms with Gasteiger partial charge in [0.15, 0.2) is 6.23 Å². The monoisotopic (exact) mass is 264 g/mol. The zero-order valence-electron chi connectivity index (χ0n) is 10.3. The fourth-order valence-electron chi connectivity index (χ4n) is 2.52. The number of fused-ring (bicyclic) bond motifs is 1. The summed E-state index contributed by atoms with van der Waals surface area (Å²) in [6.07, 6.45) is 4.23. The van der Waals surface area contributed by atoms with Crippen molar-refractivity contribution in [3.05, 3.63) is 24.1 Å². The van der Waals surface area contributed by atoms with Crippen LogP contribution >= 0.6 is 0 Å². The molecule has 0 saturated carbocycles. The van der Waals surface area contributed by atoms with Crippen LogP contribution < -0.4 is 5.46 Å². The van der Waals surface area contributed by atoms with Crippen molar-refractivity contribution in [3.8, 4) is 0 Å². The van der Waals surface area contributed by atoms with Crippen molar-refractivity contribution in [2.24, 2.45) is 0 Å². The lowest BCUT2D eigenvalue weighted by Gasteiger charge is -2.23. The molecule has 0 bridgehead atoms. The number of ether oxygens (including phenoxy) is 1. The standard InChI is InChI=1S/C12H14BFN2O3/c14-9-4-5-10-8(12(9)13(17)18)7-15-16(10)11-3-1-2-6-19-11/h4-5,7,11,17-18H,1-3,6H2. The van der Waals surface area contributed by atoms with E-state index >= 15 is 0 Å². The number of rotatable bonds is 2. The molecular weight excluding hydrogens is 250 g/mol. The van der Waals surface area contributed by atoms with Gasteiger partial charge in [0.2, 0.25) is 0 Å². The van der Waals surface area contributed by atoms with E-state index in [1.54, 1.807) is 10.7 Å². The number of halogens is 1. The largest absolute Gasteiger partial charge is 0.492 e. The minimum atomic E-state index is -1.85. The average molecular weight is 264 g/mol. The van der Waals surface area contributed by atoms with Gasteiger partial charge in [-0.15, -0.1) is 0 Å². The van der Waals surface area contributed by atoms with Gasteiger partial charge in [-0.3, -0.25) is 0 Å². The smallest absolute Gasteiger partial charge is 0.423 e. The second-order valence-corrected chi connectivity index (χ2v) is 4.68. The average Bonchev–Trinajstić information content (AvgIpc) is 2.82. The van der Waals surface area contributed by atoms with Gasteiger partial charge in [-0.1, -0.05) is 0 Å². The lowest BCUT2D eigenvalue weighted by Crippen LogP contribution is -2.33. The Morgan fingerprint density at radius 2 is 2.21 bits per heavy atom. The van der Waals surface area contributed by atoms with Crippen molar-refractivity contribution < 1.29 is 19.2 Å². The SMILES string of the molecule is OB(O)c1c(F)ccc2c1cnn2C1CCCCO1. The van der Waals surface area contributed by atoms with E-state index in [0.717, 1.165) is 19.3 Å². The molecule has 0 spiro atoms. The summed E-state index contributed by atoms with van der Waals surface area (Å²) in [6.45, 7) is 0.683. The highest BCUT2D eigenvalue weighted by Crippen LogP contribution is 2.25. The molecule has 19 heavy (non-hydrogen) atoms. The van der Waals surface area contributed by atoms with Crippen LogP contribution in [0.15, 0.2) is 18.3 Å². The van der Waals surface area contributed by atoms with E-state index < -0.39 is 12.9 Å². The fourth-order valence-corrected chi connectivity index (χ4v) is 2.52. The van der Waals surface area contributed by atoms with Gasteiger partial charge in [0, 0.05) is 17.5 Å². The normalized spacial score (nSPS) is 19.8. The van der Waals surface area contributed by atoms with Crippen LogP contribution in [0.5, 0.6) is 0 Å². The Hall–Kier alpha value is -1.44. The van der Waals surface area contributed by atoms with Crippen molar-refractivity contribution in [1.29, 1.82) is 0 Å². The maximum absolute atomic E-state index is 13.6. The number of aromatic nitrogens is 2. The first-order valence-electron chi connectivity index (χ1n) is 6.32. The van der Waals surface area contributed by atoms with Crippen molar-refractivity contribution >= 4 is 23.5 Å². The predicted octanol–water partition coefficient (Wildman–Crippen LogP) is 0.554. The van der Waals surface area contributed by atoms with E-state index in [-0.39, 0.29) is 11.7 Å². The molecule has 1 aliphatic rings. The summed E-state index contributed by atoms with van der Waals surface area (Å²) >= 11 is 0. The fraction of sp³-hybridized carbons (Fsp3) is 0.417. The Morgan fingerprint density at radius 1 is 1.37 bits per heavy atom. The van der Waals surface area contributed by atoms with Crippen molar-refractivity contribution in [2.75, 3.05) is 6.61 Å². The molecule has 1 aromatic carbocycles. The first-order valence-corrected chi connectivity index (χ1v) is 6.32. The second-order valence-electron chi connectivity index (χ2n) is 4.68. The molecule has 1 unspecified atom stereocenters. The third-order valence-electron chi connectivity index (χ3n) is 3.46. The van der Waals surface area contributed by atoms with Crippen LogP contribution in [0.25, 0.3) is 10.9 Å². The van der Waals surface area contributed by atoms with Crippen LogP contribution in [0.3, 0.4) is 0 Å². The summed E-state index contributed by atoms with van der Waals surface area (Å²) in [5.41, 5.74) is 0.510. The number of hydrogen-bond acceptors (Lipinski definition) is 4. The van der Waals surface area contributed by atoms with Gasteiger partial charge in [-0.25, -0.2) is 9.07 Å². The Balaban J connectivity index is 2.10. The minimum Gasteiger partial charge on any atom is -0.423 e. The summed E-state index contributed by atoms with van der Waals surface area (Å²) in [7, 11) is -1.85. The van der Waals surface area contributed by atoms with Gasteiger partial charge in [-0.2, -0.15) is 5.10 Å². The molecule has 0 amide bonds. The number of hydrogen-bond donors (Lipinski definition) is 2. The zero-order valence-corrected chi connectivity index (χ0v) is 10.3. The Morgan fingerprint density at radius 3 is 2.89 bits per heavy atom. The molecule has 0 aliphatic carbocycles. The van der Waals surface area contributed by atoms with Crippen LogP contribution in [0, 0.1) is 5.82 Å². The van der Waals surface area contributed by atoms with Crippen molar-refractivity contribution in [3.63, 3.8) is 0 Å². The molecule has 1 atom stereocenters. The first-order chi connectivity index (χ1) is 9.18. The number of benzene rings is 1. The third kappa shape index (κ3) is 2.14. The van der Waals surface area contributed by atoms with Gasteiger partial charge < -0.3 is 14.8 Å². The highest BCUT2D eigenvalue weighted by molar-refractivity contribution is 6.62. The molecule has 7 heteroatoms. The summed E-state index contributed by atoms with van der Waals surface area (Å²) in [5.74, 6) is -0.647. The summed E-state index contributed by atoms with van der Waals surface area (Å²) < 4.78 is 21.0. The van der Waals surface area contributed by atoms with Crippen LogP contribution in [0.2, 0.25) is 0 Å². The Labute approximate surface area is 109 Å². The highest BCUT2D eigenvalue weighted by atomic mass is 19.1. The lowest BCUT2D eigenvalue weighted by molar-refractivity contribution is -0.0366. The zero-order chi connectivity index (χ0) is 13.4. The van der Waals surface area contributed by atoms with Gasteiger partial charge in [0.05, 0.1) is 11.7 Å². The van der Waals surface area contributed by atoms with E-state index in [4.69, 9.17) is 4.74 Å². The van der Waals surface area contributed by atoms with Crippen LogP contribution in [0.4, 0.5) is 4.39 Å². The van der Waals surface area contributed by atoms with Crippen LogP contribution in [0.1, 0.15) is 25.5 Å². The summed E-state index contributed by atoms with van der Waals surface area (Å²) in [6, 6.07) is 2.81. The molecule has 2 N–H and O–H groups in total. The molecule has 2 aromatic rings. The molecule has 1 saturated heterocycles. The maximum atomic E-state index is 13.6.